The van der Waals surface area contributed by atoms with Crippen LogP contribution in [-0.2, 0) is 11.3 Å². The van der Waals surface area contributed by atoms with Crippen molar-refractivity contribution in [1.29, 1.82) is 0 Å². The van der Waals surface area contributed by atoms with E-state index in [0.29, 0.717) is 35.3 Å². The van der Waals surface area contributed by atoms with Crippen molar-refractivity contribution >= 4 is 35.2 Å². The van der Waals surface area contributed by atoms with Gasteiger partial charge in [0.15, 0.2) is 11.0 Å². The number of hydrogen-bond acceptors (Lipinski definition) is 5. The summed E-state index contributed by atoms with van der Waals surface area (Å²) in [5.41, 5.74) is 1.45. The van der Waals surface area contributed by atoms with Crippen LogP contribution in [0.15, 0.2) is 59.8 Å². The van der Waals surface area contributed by atoms with Gasteiger partial charge in [-0.05, 0) is 44.0 Å². The van der Waals surface area contributed by atoms with Crippen LogP contribution in [0.25, 0.3) is 11.4 Å². The average molecular weight is 455 g/mol. The van der Waals surface area contributed by atoms with Gasteiger partial charge >= 0.3 is 0 Å². The van der Waals surface area contributed by atoms with Gasteiger partial charge in [0, 0.05) is 29.2 Å². The minimum absolute atomic E-state index is 0.172. The molecule has 1 aliphatic rings. The first-order valence-electron chi connectivity index (χ1n) is 10.3. The van der Waals surface area contributed by atoms with Gasteiger partial charge < -0.3 is 4.57 Å². The molecule has 160 valence electrons. The van der Waals surface area contributed by atoms with E-state index in [9.17, 15) is 9.59 Å². The van der Waals surface area contributed by atoms with E-state index in [4.69, 9.17) is 11.6 Å². The smallest absolute Gasteiger partial charge is 0.260 e. The fourth-order valence-electron chi connectivity index (χ4n) is 3.66. The van der Waals surface area contributed by atoms with Crippen molar-refractivity contribution in [2.75, 3.05) is 6.54 Å². The number of hydrogen-bond donors (Lipinski definition) is 0. The highest BCUT2D eigenvalue weighted by atomic mass is 35.5. The van der Waals surface area contributed by atoms with Gasteiger partial charge in [0.25, 0.3) is 5.91 Å². The average Bonchev–Trinajstić information content (AvgIpc) is 3.11. The van der Waals surface area contributed by atoms with Crippen LogP contribution in [-0.4, -0.2) is 43.3 Å². The Morgan fingerprint density at radius 2 is 1.84 bits per heavy atom. The van der Waals surface area contributed by atoms with Crippen molar-refractivity contribution in [1.82, 2.24) is 19.7 Å². The zero-order valence-corrected chi connectivity index (χ0v) is 18.8. The van der Waals surface area contributed by atoms with Gasteiger partial charge in [-0.1, -0.05) is 60.1 Å². The summed E-state index contributed by atoms with van der Waals surface area (Å²) in [6, 6.07) is 16.5. The molecule has 0 aliphatic carbocycles. The fourth-order valence-corrected chi connectivity index (χ4v) is 4.98. The number of carbonyl (C=O) groups excluding carboxylic acids is 2. The zero-order chi connectivity index (χ0) is 21.8. The SMILES string of the molecule is CCn1c(SC2CCCCN(C(=O)c3ccc(Cl)cc3)C2=O)nnc1-c1ccccc1. The van der Waals surface area contributed by atoms with Crippen molar-refractivity contribution in [3.63, 3.8) is 0 Å². The van der Waals surface area contributed by atoms with Gasteiger partial charge in [0.2, 0.25) is 5.91 Å². The Bertz CT molecular complexity index is 1070. The quantitative estimate of drug-likeness (QED) is 0.511. The Morgan fingerprint density at radius 1 is 1.10 bits per heavy atom. The molecule has 0 bridgehead atoms. The van der Waals surface area contributed by atoms with E-state index in [-0.39, 0.29) is 17.1 Å². The van der Waals surface area contributed by atoms with E-state index in [0.717, 1.165) is 24.2 Å². The molecule has 1 atom stereocenters. The van der Waals surface area contributed by atoms with Crippen LogP contribution in [0.1, 0.15) is 36.5 Å². The number of nitrogens with zero attached hydrogens (tertiary/aromatic N) is 4. The molecule has 6 nitrogen and oxygen atoms in total. The third-order valence-electron chi connectivity index (χ3n) is 5.29. The number of imide groups is 1. The predicted molar refractivity (Wildman–Crippen MR) is 122 cm³/mol. The zero-order valence-electron chi connectivity index (χ0n) is 17.2. The largest absolute Gasteiger partial charge is 0.302 e. The second-order valence-corrected chi connectivity index (χ2v) is 8.93. The van der Waals surface area contributed by atoms with Gasteiger partial charge in [0.05, 0.1) is 5.25 Å². The molecule has 0 saturated carbocycles. The van der Waals surface area contributed by atoms with E-state index < -0.39 is 0 Å². The van der Waals surface area contributed by atoms with Crippen LogP contribution in [0.5, 0.6) is 0 Å². The number of aromatic nitrogens is 3. The molecule has 2 amide bonds. The molecular formula is C23H23ClN4O2S. The standard InChI is InChI=1S/C23H23ClN4O2S/c1-2-27-20(16-8-4-3-5-9-16)25-26-23(27)31-19-10-6-7-15-28(22(19)30)21(29)17-11-13-18(24)14-12-17/h3-5,8-9,11-14,19H,2,6-7,10,15H2,1H3. The Morgan fingerprint density at radius 3 is 2.55 bits per heavy atom. The predicted octanol–water partition coefficient (Wildman–Crippen LogP) is 4.93. The van der Waals surface area contributed by atoms with Gasteiger partial charge in [-0.25, -0.2) is 0 Å². The van der Waals surface area contributed by atoms with Crippen LogP contribution in [0.4, 0.5) is 0 Å². The number of benzene rings is 2. The van der Waals surface area contributed by atoms with Crippen LogP contribution in [0.3, 0.4) is 0 Å². The molecule has 0 spiro atoms. The third kappa shape index (κ3) is 4.67. The summed E-state index contributed by atoms with van der Waals surface area (Å²) < 4.78 is 2.02. The Balaban J connectivity index is 1.57. The lowest BCUT2D eigenvalue weighted by molar-refractivity contribution is -0.127. The summed E-state index contributed by atoms with van der Waals surface area (Å²) in [6.07, 6.45) is 2.36. The molecule has 2 heterocycles. The first kappa shape index (κ1) is 21.6. The maximum Gasteiger partial charge on any atom is 0.260 e. The van der Waals surface area contributed by atoms with Gasteiger partial charge in [-0.2, -0.15) is 0 Å². The summed E-state index contributed by atoms with van der Waals surface area (Å²) in [7, 11) is 0. The van der Waals surface area contributed by atoms with E-state index >= 15 is 0 Å². The molecule has 8 heteroatoms. The van der Waals surface area contributed by atoms with E-state index in [1.54, 1.807) is 24.3 Å². The van der Waals surface area contributed by atoms with Crippen LogP contribution >= 0.6 is 23.4 Å². The van der Waals surface area contributed by atoms with Crippen LogP contribution in [0.2, 0.25) is 5.02 Å². The molecule has 0 radical (unpaired) electrons. The van der Waals surface area contributed by atoms with Gasteiger partial charge in [-0.3, -0.25) is 14.5 Å². The number of amides is 2. The normalized spacial score (nSPS) is 16.9. The van der Waals surface area contributed by atoms with E-state index in [2.05, 4.69) is 10.2 Å². The maximum atomic E-state index is 13.3. The Kier molecular flexibility index (Phi) is 6.73. The van der Waals surface area contributed by atoms with Crippen molar-refractivity contribution in [2.24, 2.45) is 0 Å². The fraction of sp³-hybridized carbons (Fsp3) is 0.304. The summed E-state index contributed by atoms with van der Waals surface area (Å²) in [5, 5.41) is 9.61. The molecule has 1 unspecified atom stereocenters. The van der Waals surface area contributed by atoms with Gasteiger partial charge in [0.1, 0.15) is 0 Å². The second-order valence-electron chi connectivity index (χ2n) is 7.32. The van der Waals surface area contributed by atoms with Crippen LogP contribution < -0.4 is 0 Å². The summed E-state index contributed by atoms with van der Waals surface area (Å²) in [5.74, 6) is 0.325. The van der Waals surface area contributed by atoms with Crippen LogP contribution in [0, 0.1) is 0 Å². The molecule has 1 aromatic heterocycles. The number of carbonyl (C=O) groups is 2. The molecule has 2 aromatic carbocycles. The lowest BCUT2D eigenvalue weighted by Gasteiger charge is -2.22. The monoisotopic (exact) mass is 454 g/mol. The molecule has 1 fully saturated rings. The molecule has 1 saturated heterocycles. The molecule has 3 aromatic rings. The Labute approximate surface area is 190 Å². The molecule has 31 heavy (non-hydrogen) atoms. The minimum Gasteiger partial charge on any atom is -0.302 e. The molecule has 0 N–H and O–H groups in total. The minimum atomic E-state index is -0.378. The van der Waals surface area contributed by atoms with Crippen molar-refractivity contribution in [3.8, 4) is 11.4 Å². The van der Waals surface area contributed by atoms with Gasteiger partial charge in [-0.15, -0.1) is 10.2 Å². The first-order valence-corrected chi connectivity index (χ1v) is 11.6. The highest BCUT2D eigenvalue weighted by Gasteiger charge is 2.33. The topological polar surface area (TPSA) is 68.1 Å². The first-order chi connectivity index (χ1) is 15.1. The summed E-state index contributed by atoms with van der Waals surface area (Å²) in [6.45, 7) is 3.14. The second kappa shape index (κ2) is 9.66. The highest BCUT2D eigenvalue weighted by Crippen LogP contribution is 2.32. The van der Waals surface area contributed by atoms with E-state index in [1.165, 1.54) is 16.7 Å². The van der Waals surface area contributed by atoms with E-state index in [1.807, 2.05) is 41.8 Å². The van der Waals surface area contributed by atoms with Crippen molar-refractivity contribution in [3.05, 3.63) is 65.2 Å². The maximum absolute atomic E-state index is 13.3. The highest BCUT2D eigenvalue weighted by molar-refractivity contribution is 8.00. The van der Waals surface area contributed by atoms with Crippen molar-refractivity contribution in [2.45, 2.75) is 43.1 Å². The lowest BCUT2D eigenvalue weighted by Crippen LogP contribution is -2.41. The summed E-state index contributed by atoms with van der Waals surface area (Å²) >= 11 is 7.33. The lowest BCUT2D eigenvalue weighted by atomic mass is 10.2. The molecular weight excluding hydrogens is 432 g/mol. The number of halogens is 1. The summed E-state index contributed by atoms with van der Waals surface area (Å²) in [4.78, 5) is 27.7. The number of thioether (sulfide) groups is 1. The Hall–Kier alpha value is -2.64. The molecule has 1 aliphatic heterocycles. The number of rotatable bonds is 5. The number of likely N-dealkylation sites (tertiary alicyclic amines) is 1. The molecule has 4 rings (SSSR count). The third-order valence-corrected chi connectivity index (χ3v) is 6.78. The van der Waals surface area contributed by atoms with Crippen molar-refractivity contribution < 1.29 is 9.59 Å².